The Bertz CT molecular complexity index is 401. The molecule has 17 heavy (non-hydrogen) atoms. The number of nitrogens with zero attached hydrogens (tertiary/aromatic N) is 3. The summed E-state index contributed by atoms with van der Waals surface area (Å²) in [5.74, 6) is -1.04. The fraction of sp³-hybridized carbons (Fsp3) is 0.600. The molecule has 2 heterocycles. The summed E-state index contributed by atoms with van der Waals surface area (Å²) < 4.78 is 0. The molecule has 1 aromatic rings. The van der Waals surface area contributed by atoms with Crippen LogP contribution in [-0.2, 0) is 4.79 Å². The van der Waals surface area contributed by atoms with Crippen molar-refractivity contribution in [2.24, 2.45) is 5.73 Å². The lowest BCUT2D eigenvalue weighted by Crippen LogP contribution is -2.44. The summed E-state index contributed by atoms with van der Waals surface area (Å²) in [5.41, 5.74) is 5.96. The minimum atomic E-state index is -1.04. The molecule has 1 fully saturated rings. The second-order valence-electron chi connectivity index (χ2n) is 4.16. The van der Waals surface area contributed by atoms with E-state index in [9.17, 15) is 4.79 Å². The van der Waals surface area contributed by atoms with Gasteiger partial charge in [0, 0.05) is 31.6 Å². The third kappa shape index (κ3) is 2.74. The minimum absolute atomic E-state index is 0.441. The Balaban J connectivity index is 2.05. The molecule has 0 aromatic carbocycles. The number of hydrogen-bond donors (Lipinski definition) is 2. The predicted octanol–water partition coefficient (Wildman–Crippen LogP) is -0.0207. The van der Waals surface area contributed by atoms with Gasteiger partial charge in [-0.05, 0) is 7.05 Å². The minimum Gasteiger partial charge on any atom is -0.480 e. The Morgan fingerprint density at radius 1 is 1.53 bits per heavy atom. The Morgan fingerprint density at radius 2 is 2.18 bits per heavy atom. The molecule has 1 aromatic heterocycles. The molecule has 0 saturated carbocycles. The smallest absolute Gasteiger partial charge is 0.326 e. The van der Waals surface area contributed by atoms with Gasteiger partial charge in [0.1, 0.15) is 6.04 Å². The Kier molecular flexibility index (Phi) is 3.60. The van der Waals surface area contributed by atoms with Gasteiger partial charge in [-0.25, -0.2) is 4.98 Å². The second-order valence-corrected chi connectivity index (χ2v) is 5.00. The normalized spacial score (nSPS) is 19.3. The van der Waals surface area contributed by atoms with Crippen molar-refractivity contribution in [1.82, 2.24) is 9.88 Å². The van der Waals surface area contributed by atoms with E-state index < -0.39 is 12.0 Å². The molecular formula is C10H16N4O2S. The van der Waals surface area contributed by atoms with Crippen LogP contribution in [-0.4, -0.2) is 54.2 Å². The summed E-state index contributed by atoms with van der Waals surface area (Å²) in [5, 5.41) is 11.4. The zero-order valence-electron chi connectivity index (χ0n) is 9.67. The number of carbonyl (C=O) groups is 1. The molecule has 6 nitrogen and oxygen atoms in total. The van der Waals surface area contributed by atoms with Crippen molar-refractivity contribution in [2.75, 3.05) is 38.1 Å². The molecule has 0 spiro atoms. The van der Waals surface area contributed by atoms with E-state index in [-0.39, 0.29) is 0 Å². The molecular weight excluding hydrogens is 240 g/mol. The van der Waals surface area contributed by atoms with Crippen molar-refractivity contribution in [1.29, 1.82) is 0 Å². The van der Waals surface area contributed by atoms with Crippen LogP contribution in [0.15, 0.2) is 5.38 Å². The lowest BCUT2D eigenvalue weighted by atomic mass is 10.2. The zero-order chi connectivity index (χ0) is 12.4. The third-order valence-corrected chi connectivity index (χ3v) is 3.79. The monoisotopic (exact) mass is 256 g/mol. The van der Waals surface area contributed by atoms with E-state index in [0.29, 0.717) is 5.69 Å². The highest BCUT2D eigenvalue weighted by molar-refractivity contribution is 7.13. The van der Waals surface area contributed by atoms with Crippen molar-refractivity contribution in [2.45, 2.75) is 6.04 Å². The van der Waals surface area contributed by atoms with Gasteiger partial charge in [-0.2, -0.15) is 0 Å². The third-order valence-electron chi connectivity index (χ3n) is 2.87. The van der Waals surface area contributed by atoms with Crippen LogP contribution in [0.4, 0.5) is 5.13 Å². The maximum absolute atomic E-state index is 10.7. The molecule has 0 amide bonds. The predicted molar refractivity (Wildman–Crippen MR) is 66.4 cm³/mol. The van der Waals surface area contributed by atoms with Crippen LogP contribution >= 0.6 is 11.3 Å². The summed E-state index contributed by atoms with van der Waals surface area (Å²) in [6.07, 6.45) is 0. The lowest BCUT2D eigenvalue weighted by molar-refractivity contribution is -0.138. The standard InChI is InChI=1S/C10H16N4O2S/c1-13-2-4-14(5-3-13)10-12-7(6-17-10)8(11)9(15)16/h6,8H,2-5,11H2,1H3,(H,15,16). The molecule has 1 aliphatic heterocycles. The van der Waals surface area contributed by atoms with Crippen LogP contribution in [0.5, 0.6) is 0 Å². The first-order valence-electron chi connectivity index (χ1n) is 5.45. The van der Waals surface area contributed by atoms with Crippen molar-refractivity contribution in [3.05, 3.63) is 11.1 Å². The highest BCUT2D eigenvalue weighted by atomic mass is 32.1. The first kappa shape index (κ1) is 12.3. The summed E-state index contributed by atoms with van der Waals surface area (Å²) in [4.78, 5) is 19.5. The molecule has 1 saturated heterocycles. The van der Waals surface area contributed by atoms with Crippen LogP contribution in [0.1, 0.15) is 11.7 Å². The molecule has 3 N–H and O–H groups in total. The second kappa shape index (κ2) is 4.99. The van der Waals surface area contributed by atoms with E-state index in [4.69, 9.17) is 10.8 Å². The Morgan fingerprint density at radius 3 is 2.76 bits per heavy atom. The molecule has 1 unspecified atom stereocenters. The molecule has 0 radical (unpaired) electrons. The highest BCUT2D eigenvalue weighted by Crippen LogP contribution is 2.24. The molecule has 94 valence electrons. The molecule has 0 bridgehead atoms. The molecule has 0 aliphatic carbocycles. The van der Waals surface area contributed by atoms with Crippen molar-refractivity contribution in [3.8, 4) is 0 Å². The van der Waals surface area contributed by atoms with E-state index in [0.717, 1.165) is 31.3 Å². The fourth-order valence-corrected chi connectivity index (χ4v) is 2.60. The van der Waals surface area contributed by atoms with E-state index in [1.165, 1.54) is 11.3 Å². The van der Waals surface area contributed by atoms with Gasteiger partial charge in [0.05, 0.1) is 5.69 Å². The number of anilines is 1. The van der Waals surface area contributed by atoms with Gasteiger partial charge < -0.3 is 20.6 Å². The summed E-state index contributed by atoms with van der Waals surface area (Å²) in [6, 6.07) is -1.02. The van der Waals surface area contributed by atoms with Gasteiger partial charge in [0.15, 0.2) is 5.13 Å². The fourth-order valence-electron chi connectivity index (χ4n) is 1.69. The van der Waals surface area contributed by atoms with Crippen molar-refractivity contribution >= 4 is 22.4 Å². The van der Waals surface area contributed by atoms with Crippen LogP contribution in [0.25, 0.3) is 0 Å². The SMILES string of the molecule is CN1CCN(c2nc(C(N)C(=O)O)cs2)CC1. The number of aromatic nitrogens is 1. The van der Waals surface area contributed by atoms with E-state index in [1.54, 1.807) is 5.38 Å². The number of aliphatic carboxylic acids is 1. The number of hydrogen-bond acceptors (Lipinski definition) is 6. The van der Waals surface area contributed by atoms with Crippen molar-refractivity contribution < 1.29 is 9.90 Å². The average Bonchev–Trinajstić information content (AvgIpc) is 2.78. The van der Waals surface area contributed by atoms with Gasteiger partial charge in [-0.1, -0.05) is 0 Å². The zero-order valence-corrected chi connectivity index (χ0v) is 10.5. The molecule has 7 heteroatoms. The van der Waals surface area contributed by atoms with E-state index in [1.807, 2.05) is 0 Å². The molecule has 1 aliphatic rings. The number of nitrogens with two attached hydrogens (primary N) is 1. The topological polar surface area (TPSA) is 82.7 Å². The van der Waals surface area contributed by atoms with Gasteiger partial charge >= 0.3 is 5.97 Å². The van der Waals surface area contributed by atoms with Gasteiger partial charge in [-0.3, -0.25) is 4.79 Å². The van der Waals surface area contributed by atoms with Crippen molar-refractivity contribution in [3.63, 3.8) is 0 Å². The quantitative estimate of drug-likeness (QED) is 0.791. The highest BCUT2D eigenvalue weighted by Gasteiger charge is 2.21. The van der Waals surface area contributed by atoms with Crippen LogP contribution in [0, 0.1) is 0 Å². The van der Waals surface area contributed by atoms with Crippen LogP contribution in [0.3, 0.4) is 0 Å². The summed E-state index contributed by atoms with van der Waals surface area (Å²) in [6.45, 7) is 3.84. The van der Waals surface area contributed by atoms with Gasteiger partial charge in [-0.15, -0.1) is 11.3 Å². The van der Waals surface area contributed by atoms with E-state index in [2.05, 4.69) is 21.8 Å². The van der Waals surface area contributed by atoms with Crippen LogP contribution in [0.2, 0.25) is 0 Å². The average molecular weight is 256 g/mol. The maximum atomic E-state index is 10.7. The first-order valence-corrected chi connectivity index (χ1v) is 6.33. The summed E-state index contributed by atoms with van der Waals surface area (Å²) in [7, 11) is 2.09. The number of carboxylic acids is 1. The van der Waals surface area contributed by atoms with E-state index >= 15 is 0 Å². The Hall–Kier alpha value is -1.18. The largest absolute Gasteiger partial charge is 0.480 e. The number of likely N-dealkylation sites (N-methyl/N-ethyl adjacent to an activating group) is 1. The summed E-state index contributed by atoms with van der Waals surface area (Å²) >= 11 is 1.46. The number of piperazine rings is 1. The number of thiazole rings is 1. The Labute approximate surface area is 104 Å². The molecule has 2 rings (SSSR count). The lowest BCUT2D eigenvalue weighted by Gasteiger charge is -2.32. The van der Waals surface area contributed by atoms with Crippen LogP contribution < -0.4 is 10.6 Å². The number of rotatable bonds is 3. The first-order chi connectivity index (χ1) is 8.08. The molecule has 1 atom stereocenters. The number of carboxylic acid groups (broad SMARTS) is 1. The van der Waals surface area contributed by atoms with Gasteiger partial charge in [0.2, 0.25) is 0 Å². The maximum Gasteiger partial charge on any atom is 0.326 e. The van der Waals surface area contributed by atoms with Gasteiger partial charge in [0.25, 0.3) is 0 Å².